The summed E-state index contributed by atoms with van der Waals surface area (Å²) in [7, 11) is 1.48. The molecule has 7 nitrogen and oxygen atoms in total. The number of alkyl halides is 3. The van der Waals surface area contributed by atoms with Crippen molar-refractivity contribution in [2.24, 2.45) is 0 Å². The number of aromatic amines is 1. The second-order valence-corrected chi connectivity index (χ2v) is 5.40. The number of aromatic nitrogens is 2. The number of carbonyl (C=O) groups is 1. The number of hydrogen-bond donors (Lipinski definition) is 2. The van der Waals surface area contributed by atoms with Gasteiger partial charge in [-0.05, 0) is 40.3 Å². The van der Waals surface area contributed by atoms with Gasteiger partial charge in [-0.3, -0.25) is 9.32 Å². The van der Waals surface area contributed by atoms with E-state index in [0.29, 0.717) is 11.4 Å². The van der Waals surface area contributed by atoms with Crippen LogP contribution in [0, 0.1) is 0 Å². The zero-order chi connectivity index (χ0) is 19.6. The summed E-state index contributed by atoms with van der Waals surface area (Å²) in [5.41, 5.74) is -2.06. The minimum Gasteiger partial charge on any atom is -0.497 e. The Balaban J connectivity index is 1.92. The molecule has 0 aliphatic heterocycles. The number of nitrogens with zero attached hydrogens (tertiary/aromatic N) is 1. The fourth-order valence-electron chi connectivity index (χ4n) is 2.34. The van der Waals surface area contributed by atoms with Gasteiger partial charge in [0.15, 0.2) is 0 Å². The maximum absolute atomic E-state index is 12.8. The number of hydrogen-bond acceptors (Lipinski definition) is 4. The summed E-state index contributed by atoms with van der Waals surface area (Å²) < 4.78 is 49.1. The van der Waals surface area contributed by atoms with Crippen LogP contribution in [0.2, 0.25) is 0 Å². The summed E-state index contributed by atoms with van der Waals surface area (Å²) >= 11 is 0. The molecule has 10 heteroatoms. The summed E-state index contributed by atoms with van der Waals surface area (Å²) in [6.45, 7) is 0. The van der Waals surface area contributed by atoms with Crippen LogP contribution in [0.15, 0.2) is 57.8 Å². The molecular weight excluding hydrogens is 367 g/mol. The van der Waals surface area contributed by atoms with Gasteiger partial charge in [-0.25, -0.2) is 4.79 Å². The van der Waals surface area contributed by atoms with Crippen molar-refractivity contribution in [1.29, 1.82) is 0 Å². The number of amides is 1. The van der Waals surface area contributed by atoms with Crippen LogP contribution in [0.1, 0.15) is 16.1 Å². The van der Waals surface area contributed by atoms with Crippen molar-refractivity contribution < 1.29 is 31.9 Å². The number of rotatable bonds is 4. The zero-order valence-electron chi connectivity index (χ0n) is 13.8. The van der Waals surface area contributed by atoms with Crippen molar-refractivity contribution in [3.8, 4) is 11.4 Å². The average molecular weight is 380 g/mol. The largest absolute Gasteiger partial charge is 0.497 e. The van der Waals surface area contributed by atoms with Crippen molar-refractivity contribution in [3.05, 3.63) is 70.2 Å². The summed E-state index contributed by atoms with van der Waals surface area (Å²) in [5.74, 6) is -0.375. The van der Waals surface area contributed by atoms with Crippen LogP contribution in [-0.4, -0.2) is 18.3 Å². The first-order chi connectivity index (χ1) is 12.8. The average Bonchev–Trinajstić information content (AvgIpc) is 3.03. The molecule has 1 aromatic heterocycles. The molecule has 140 valence electrons. The highest BCUT2D eigenvalue weighted by Crippen LogP contribution is 2.30. The number of nitrogens with one attached hydrogen (secondary N) is 2. The van der Waals surface area contributed by atoms with Gasteiger partial charge < -0.3 is 10.1 Å². The highest BCUT2D eigenvalue weighted by molar-refractivity contribution is 6.01. The minimum absolute atomic E-state index is 0.114. The van der Waals surface area contributed by atoms with Crippen LogP contribution in [0.5, 0.6) is 5.75 Å². The number of benzene rings is 2. The van der Waals surface area contributed by atoms with E-state index in [1.54, 1.807) is 24.3 Å². The van der Waals surface area contributed by atoms with Gasteiger partial charge in [0.2, 0.25) is 5.69 Å². The molecule has 0 bridgehead atoms. The van der Waals surface area contributed by atoms with Gasteiger partial charge in [0.05, 0.1) is 12.7 Å². The smallest absolute Gasteiger partial charge is 0.441 e. The van der Waals surface area contributed by atoms with E-state index in [0.717, 1.165) is 22.9 Å². The second kappa shape index (κ2) is 6.98. The third-order valence-electron chi connectivity index (χ3n) is 3.64. The first kappa shape index (κ1) is 18.2. The molecule has 27 heavy (non-hydrogen) atoms. The molecule has 0 saturated heterocycles. The van der Waals surface area contributed by atoms with Crippen molar-refractivity contribution in [2.45, 2.75) is 6.18 Å². The van der Waals surface area contributed by atoms with Gasteiger partial charge in [0, 0.05) is 17.8 Å². The molecule has 3 rings (SSSR count). The highest BCUT2D eigenvalue weighted by atomic mass is 19.4. The maximum atomic E-state index is 12.8. The minimum atomic E-state index is -4.56. The second-order valence-electron chi connectivity index (χ2n) is 5.40. The van der Waals surface area contributed by atoms with Crippen LogP contribution in [0.3, 0.4) is 0 Å². The highest BCUT2D eigenvalue weighted by Gasteiger charge is 2.33. The molecule has 0 unspecified atom stereocenters. The van der Waals surface area contributed by atoms with E-state index in [-0.39, 0.29) is 5.69 Å². The SMILES string of the molecule is COc1ccc(-[n+]2[nH]oc(=O)c2C(=O)Nc2cccc(C(F)(F)F)c2)cc1. The van der Waals surface area contributed by atoms with E-state index < -0.39 is 29.0 Å². The summed E-state index contributed by atoms with van der Waals surface area (Å²) in [6.07, 6.45) is -4.56. The zero-order valence-corrected chi connectivity index (χ0v) is 13.8. The lowest BCUT2D eigenvalue weighted by molar-refractivity contribution is -0.672. The van der Waals surface area contributed by atoms with Gasteiger partial charge in [-0.15, -0.1) is 0 Å². The van der Waals surface area contributed by atoms with Crippen molar-refractivity contribution in [2.75, 3.05) is 12.4 Å². The van der Waals surface area contributed by atoms with E-state index in [9.17, 15) is 22.8 Å². The van der Waals surface area contributed by atoms with Gasteiger partial charge in [-0.1, -0.05) is 6.07 Å². The monoisotopic (exact) mass is 380 g/mol. The number of halogens is 3. The quantitative estimate of drug-likeness (QED) is 0.681. The predicted molar refractivity (Wildman–Crippen MR) is 86.8 cm³/mol. The maximum Gasteiger partial charge on any atom is 0.441 e. The number of H-pyrrole nitrogens is 1. The third-order valence-corrected chi connectivity index (χ3v) is 3.64. The van der Waals surface area contributed by atoms with Crippen LogP contribution >= 0.6 is 0 Å². The Bertz CT molecular complexity index is 1020. The Kier molecular flexibility index (Phi) is 4.72. The molecule has 0 saturated carbocycles. The molecule has 2 N–H and O–H groups in total. The van der Waals surface area contributed by atoms with Crippen molar-refractivity contribution in [3.63, 3.8) is 0 Å². The standard InChI is InChI=1S/C17H12F3N3O4/c1-26-13-7-5-12(6-8-13)23-14(16(25)27-22-23)15(24)21-11-4-2-3-10(9-11)17(18,19)20/h2-9H,1H3,(H-,21,22,24,25)/p+1. The molecule has 0 fully saturated rings. The number of methoxy groups -OCH3 is 1. The first-order valence-corrected chi connectivity index (χ1v) is 7.56. The fourth-order valence-corrected chi connectivity index (χ4v) is 2.34. The van der Waals surface area contributed by atoms with E-state index in [2.05, 4.69) is 15.1 Å². The van der Waals surface area contributed by atoms with Gasteiger partial charge in [-0.2, -0.15) is 13.2 Å². The van der Waals surface area contributed by atoms with E-state index >= 15 is 0 Å². The Morgan fingerprint density at radius 1 is 1.19 bits per heavy atom. The topological polar surface area (TPSA) is 88.2 Å². The molecule has 1 amide bonds. The molecule has 0 spiro atoms. The van der Waals surface area contributed by atoms with Gasteiger partial charge >= 0.3 is 23.4 Å². The molecule has 0 aliphatic carbocycles. The summed E-state index contributed by atoms with van der Waals surface area (Å²) in [4.78, 5) is 24.4. The summed E-state index contributed by atoms with van der Waals surface area (Å²) in [6, 6.07) is 10.4. The molecule has 1 heterocycles. The van der Waals surface area contributed by atoms with Crippen molar-refractivity contribution in [1.82, 2.24) is 5.27 Å². The fraction of sp³-hybridized carbons (Fsp3) is 0.118. The van der Waals surface area contributed by atoms with Crippen LogP contribution in [0.4, 0.5) is 18.9 Å². The van der Waals surface area contributed by atoms with Crippen LogP contribution in [-0.2, 0) is 6.18 Å². The van der Waals surface area contributed by atoms with Gasteiger partial charge in [0.25, 0.3) is 0 Å². The van der Waals surface area contributed by atoms with Gasteiger partial charge in [0.1, 0.15) is 5.75 Å². The molecule has 2 aromatic carbocycles. The first-order valence-electron chi connectivity index (χ1n) is 7.56. The Morgan fingerprint density at radius 2 is 1.89 bits per heavy atom. The Hall–Kier alpha value is -3.56. The number of ether oxygens (including phenoxy) is 1. The molecule has 0 aliphatic rings. The van der Waals surface area contributed by atoms with E-state index in [1.807, 2.05) is 0 Å². The molecule has 0 atom stereocenters. The number of carbonyl (C=O) groups excluding carboxylic acids is 1. The lowest BCUT2D eigenvalue weighted by Crippen LogP contribution is -2.42. The Labute approximate surface area is 149 Å². The molecule has 0 radical (unpaired) electrons. The summed E-state index contributed by atoms with van der Waals surface area (Å²) in [5, 5.41) is 4.54. The van der Waals surface area contributed by atoms with Crippen LogP contribution in [0.25, 0.3) is 5.69 Å². The normalized spacial score (nSPS) is 11.3. The number of anilines is 1. The lowest BCUT2D eigenvalue weighted by Gasteiger charge is -2.08. The third kappa shape index (κ3) is 3.84. The molecular formula is C17H13F3N3O4+. The lowest BCUT2D eigenvalue weighted by atomic mass is 10.2. The predicted octanol–water partition coefficient (Wildman–Crippen LogP) is 2.52. The van der Waals surface area contributed by atoms with Crippen molar-refractivity contribution >= 4 is 11.6 Å². The van der Waals surface area contributed by atoms with E-state index in [1.165, 1.54) is 13.2 Å². The molecule has 3 aromatic rings. The van der Waals surface area contributed by atoms with E-state index in [4.69, 9.17) is 4.74 Å². The van der Waals surface area contributed by atoms with Crippen LogP contribution < -0.4 is 20.4 Å². The Morgan fingerprint density at radius 3 is 2.52 bits per heavy atom.